The van der Waals surface area contributed by atoms with Crippen molar-refractivity contribution in [3.8, 4) is 0 Å². The predicted octanol–water partition coefficient (Wildman–Crippen LogP) is 3.85. The zero-order valence-electron chi connectivity index (χ0n) is 8.50. The molecule has 1 nitrogen and oxygen atoms in total. The van der Waals surface area contributed by atoms with Gasteiger partial charge in [0.15, 0.2) is 0 Å². The summed E-state index contributed by atoms with van der Waals surface area (Å²) in [5.74, 6) is 0. The van der Waals surface area contributed by atoms with Crippen LogP contribution in [0, 0.1) is 0 Å². The molecule has 74 valence electrons. The quantitative estimate of drug-likeness (QED) is 0.576. The molecule has 1 heterocycles. The standard InChI is InChI=1S/C11H11N.CH3I/c1-2-9-7-12-8-10-5-3-4-6-11(9)10;1-2/h3-8H,2H2,1H3;1H3. The van der Waals surface area contributed by atoms with E-state index < -0.39 is 0 Å². The largest absolute Gasteiger partial charge is 0.264 e. The van der Waals surface area contributed by atoms with Crippen molar-refractivity contribution in [1.82, 2.24) is 4.98 Å². The Morgan fingerprint density at radius 1 is 1.14 bits per heavy atom. The van der Waals surface area contributed by atoms with Crippen molar-refractivity contribution < 1.29 is 0 Å². The smallest absolute Gasteiger partial charge is 0.0346 e. The second-order valence-electron chi connectivity index (χ2n) is 2.87. The van der Waals surface area contributed by atoms with Gasteiger partial charge in [-0.05, 0) is 22.3 Å². The van der Waals surface area contributed by atoms with E-state index in [1.807, 2.05) is 23.4 Å². The SMILES string of the molecule is CCc1cncc2ccccc12.CI. The molecule has 14 heavy (non-hydrogen) atoms. The summed E-state index contributed by atoms with van der Waals surface area (Å²) in [7, 11) is 0. The third kappa shape index (κ3) is 2.44. The van der Waals surface area contributed by atoms with Crippen molar-refractivity contribution in [3.05, 3.63) is 42.2 Å². The van der Waals surface area contributed by atoms with E-state index in [2.05, 4.69) is 52.7 Å². The number of alkyl halides is 1. The first-order chi connectivity index (χ1) is 6.92. The normalized spacial score (nSPS) is 9.36. The number of aromatic nitrogens is 1. The first-order valence-corrected chi connectivity index (χ1v) is 6.77. The number of nitrogens with zero attached hydrogens (tertiary/aromatic N) is 1. The van der Waals surface area contributed by atoms with Crippen LogP contribution in [0.4, 0.5) is 0 Å². The highest BCUT2D eigenvalue weighted by molar-refractivity contribution is 14.1. The number of benzene rings is 1. The van der Waals surface area contributed by atoms with Crippen molar-refractivity contribution in [2.24, 2.45) is 0 Å². The molecule has 1 aromatic carbocycles. The minimum absolute atomic E-state index is 1.05. The lowest BCUT2D eigenvalue weighted by atomic mass is 10.1. The van der Waals surface area contributed by atoms with Crippen LogP contribution in [0.15, 0.2) is 36.7 Å². The third-order valence-corrected chi connectivity index (χ3v) is 2.13. The fraction of sp³-hybridized carbons (Fsp3) is 0.250. The van der Waals surface area contributed by atoms with E-state index >= 15 is 0 Å². The highest BCUT2D eigenvalue weighted by Crippen LogP contribution is 2.16. The molecule has 0 aliphatic rings. The Hall–Kier alpha value is -0.640. The van der Waals surface area contributed by atoms with Gasteiger partial charge in [0.05, 0.1) is 0 Å². The van der Waals surface area contributed by atoms with Gasteiger partial charge in [-0.25, -0.2) is 0 Å². The maximum atomic E-state index is 4.18. The number of aryl methyl sites for hydroxylation is 1. The van der Waals surface area contributed by atoms with Crippen LogP contribution in [-0.2, 0) is 6.42 Å². The molecule has 0 fully saturated rings. The summed E-state index contributed by atoms with van der Waals surface area (Å²) in [4.78, 5) is 6.15. The summed E-state index contributed by atoms with van der Waals surface area (Å²) >= 11 is 2.15. The first kappa shape index (κ1) is 11.4. The zero-order valence-corrected chi connectivity index (χ0v) is 10.7. The molecule has 0 atom stereocenters. The Morgan fingerprint density at radius 3 is 2.57 bits per heavy atom. The van der Waals surface area contributed by atoms with Crippen LogP contribution in [0.2, 0.25) is 0 Å². The number of hydrogen-bond donors (Lipinski definition) is 0. The molecule has 0 saturated heterocycles. The van der Waals surface area contributed by atoms with E-state index in [1.54, 1.807) is 0 Å². The molecular weight excluding hydrogens is 285 g/mol. The molecule has 0 aliphatic carbocycles. The molecule has 0 spiro atoms. The van der Waals surface area contributed by atoms with Gasteiger partial charge < -0.3 is 0 Å². The summed E-state index contributed by atoms with van der Waals surface area (Å²) in [6, 6.07) is 8.36. The average molecular weight is 299 g/mol. The lowest BCUT2D eigenvalue weighted by molar-refractivity contribution is 1.13. The van der Waals surface area contributed by atoms with Crippen molar-refractivity contribution in [1.29, 1.82) is 0 Å². The van der Waals surface area contributed by atoms with Gasteiger partial charge in [0, 0.05) is 17.8 Å². The highest BCUT2D eigenvalue weighted by atomic mass is 127. The molecule has 0 bridgehead atoms. The molecular formula is C12H14IN. The minimum atomic E-state index is 1.05. The predicted molar refractivity (Wildman–Crippen MR) is 71.1 cm³/mol. The molecule has 2 aromatic rings. The van der Waals surface area contributed by atoms with Crippen LogP contribution in [0.1, 0.15) is 12.5 Å². The van der Waals surface area contributed by atoms with Crippen LogP contribution in [0.3, 0.4) is 0 Å². The number of halogens is 1. The summed E-state index contributed by atoms with van der Waals surface area (Å²) in [6.07, 6.45) is 4.91. The Kier molecular flexibility index (Phi) is 4.87. The van der Waals surface area contributed by atoms with Crippen LogP contribution in [0.5, 0.6) is 0 Å². The molecule has 0 aliphatic heterocycles. The molecule has 0 N–H and O–H groups in total. The Labute approximate surface area is 98.7 Å². The topological polar surface area (TPSA) is 12.9 Å². The fourth-order valence-electron chi connectivity index (χ4n) is 1.46. The lowest BCUT2D eigenvalue weighted by Crippen LogP contribution is -1.84. The van der Waals surface area contributed by atoms with E-state index in [1.165, 1.54) is 16.3 Å². The van der Waals surface area contributed by atoms with E-state index in [0.717, 1.165) is 6.42 Å². The molecule has 2 rings (SSSR count). The van der Waals surface area contributed by atoms with Gasteiger partial charge in [0.2, 0.25) is 0 Å². The zero-order chi connectivity index (χ0) is 10.4. The number of fused-ring (bicyclic) bond motifs is 1. The Bertz CT molecular complexity index is 393. The molecule has 0 radical (unpaired) electrons. The summed E-state index contributed by atoms with van der Waals surface area (Å²) in [5.41, 5.74) is 1.33. The molecule has 0 amide bonds. The monoisotopic (exact) mass is 299 g/mol. The second-order valence-corrected chi connectivity index (χ2v) is 2.87. The van der Waals surface area contributed by atoms with Crippen LogP contribution in [-0.4, -0.2) is 9.91 Å². The number of hydrogen-bond acceptors (Lipinski definition) is 1. The fourth-order valence-corrected chi connectivity index (χ4v) is 1.46. The second kappa shape index (κ2) is 5.96. The maximum absolute atomic E-state index is 4.18. The van der Waals surface area contributed by atoms with E-state index in [9.17, 15) is 0 Å². The summed E-state index contributed by atoms with van der Waals surface area (Å²) < 4.78 is 0. The molecule has 0 unspecified atom stereocenters. The van der Waals surface area contributed by atoms with Gasteiger partial charge in [-0.15, -0.1) is 0 Å². The summed E-state index contributed by atoms with van der Waals surface area (Å²) in [5, 5.41) is 2.56. The van der Waals surface area contributed by atoms with Crippen LogP contribution in [0.25, 0.3) is 10.8 Å². The number of rotatable bonds is 1. The van der Waals surface area contributed by atoms with Crippen molar-refractivity contribution >= 4 is 33.4 Å². The van der Waals surface area contributed by atoms with Crippen molar-refractivity contribution in [3.63, 3.8) is 0 Å². The molecule has 0 saturated carbocycles. The van der Waals surface area contributed by atoms with Gasteiger partial charge in [-0.2, -0.15) is 0 Å². The van der Waals surface area contributed by atoms with E-state index in [-0.39, 0.29) is 0 Å². The Balaban J connectivity index is 0.000000461. The van der Waals surface area contributed by atoms with Gasteiger partial charge in [-0.3, -0.25) is 4.98 Å². The minimum Gasteiger partial charge on any atom is -0.264 e. The van der Waals surface area contributed by atoms with Crippen LogP contribution >= 0.6 is 22.6 Å². The number of pyridine rings is 1. The lowest BCUT2D eigenvalue weighted by Gasteiger charge is -2.01. The Morgan fingerprint density at radius 2 is 1.86 bits per heavy atom. The van der Waals surface area contributed by atoms with Crippen molar-refractivity contribution in [2.45, 2.75) is 13.3 Å². The van der Waals surface area contributed by atoms with Gasteiger partial charge in [0.25, 0.3) is 0 Å². The maximum Gasteiger partial charge on any atom is 0.0346 e. The van der Waals surface area contributed by atoms with Gasteiger partial charge in [0.1, 0.15) is 0 Å². The third-order valence-electron chi connectivity index (χ3n) is 2.13. The average Bonchev–Trinajstić information content (AvgIpc) is 2.31. The van der Waals surface area contributed by atoms with Crippen molar-refractivity contribution in [2.75, 3.05) is 4.93 Å². The van der Waals surface area contributed by atoms with Gasteiger partial charge in [-0.1, -0.05) is 53.8 Å². The summed E-state index contributed by atoms with van der Waals surface area (Å²) in [6.45, 7) is 2.16. The van der Waals surface area contributed by atoms with Gasteiger partial charge >= 0.3 is 0 Å². The van der Waals surface area contributed by atoms with Crippen LogP contribution < -0.4 is 0 Å². The van der Waals surface area contributed by atoms with E-state index in [0.29, 0.717) is 0 Å². The highest BCUT2D eigenvalue weighted by Gasteiger charge is 1.96. The molecule has 2 heteroatoms. The molecule has 1 aromatic heterocycles. The first-order valence-electron chi connectivity index (χ1n) is 4.61. The van der Waals surface area contributed by atoms with E-state index in [4.69, 9.17) is 0 Å².